The van der Waals surface area contributed by atoms with Crippen LogP contribution in [0.4, 0.5) is 15.8 Å². The molecule has 0 unspecified atom stereocenters. The van der Waals surface area contributed by atoms with Crippen molar-refractivity contribution in [2.45, 2.75) is 4.90 Å². The van der Waals surface area contributed by atoms with E-state index in [1.807, 2.05) is 12.1 Å². The fraction of sp³-hybridized carbons (Fsp3) is 0.294. The van der Waals surface area contributed by atoms with Crippen LogP contribution in [0.5, 0.6) is 0 Å². The highest BCUT2D eigenvalue weighted by Crippen LogP contribution is 2.29. The summed E-state index contributed by atoms with van der Waals surface area (Å²) >= 11 is 5.71. The molecule has 0 bridgehead atoms. The molecule has 8 heteroatoms. The van der Waals surface area contributed by atoms with Crippen molar-refractivity contribution < 1.29 is 17.7 Å². The lowest BCUT2D eigenvalue weighted by molar-refractivity contribution is -0.880. The molecule has 0 spiro atoms. The maximum Gasteiger partial charge on any atom is 0.262 e. The van der Waals surface area contributed by atoms with Crippen molar-refractivity contribution in [2.75, 3.05) is 42.8 Å². The van der Waals surface area contributed by atoms with Gasteiger partial charge < -0.3 is 9.80 Å². The molecule has 0 aromatic heterocycles. The summed E-state index contributed by atoms with van der Waals surface area (Å²) < 4.78 is 41.2. The van der Waals surface area contributed by atoms with Crippen molar-refractivity contribution in [3.63, 3.8) is 0 Å². The second-order valence-corrected chi connectivity index (χ2v) is 8.23. The van der Waals surface area contributed by atoms with Crippen LogP contribution in [0.15, 0.2) is 47.4 Å². The summed E-state index contributed by atoms with van der Waals surface area (Å²) in [5, 5.41) is -0.224. The molecule has 5 nitrogen and oxygen atoms in total. The molecule has 2 N–H and O–H groups in total. The number of nitrogens with zero attached hydrogens (tertiary/aromatic N) is 1. The zero-order chi connectivity index (χ0) is 18.0. The number of hydrogen-bond donors (Lipinski definition) is 2. The van der Waals surface area contributed by atoms with E-state index >= 15 is 0 Å². The van der Waals surface area contributed by atoms with Gasteiger partial charge in [0.05, 0.1) is 54.5 Å². The van der Waals surface area contributed by atoms with Gasteiger partial charge >= 0.3 is 0 Å². The molecule has 2 aromatic carbocycles. The van der Waals surface area contributed by atoms with Gasteiger partial charge in [0.1, 0.15) is 5.82 Å². The Morgan fingerprint density at radius 2 is 1.84 bits per heavy atom. The zero-order valence-corrected chi connectivity index (χ0v) is 15.4. The van der Waals surface area contributed by atoms with Gasteiger partial charge in [0.25, 0.3) is 10.0 Å². The average Bonchev–Trinajstić information content (AvgIpc) is 2.58. The van der Waals surface area contributed by atoms with E-state index in [4.69, 9.17) is 11.6 Å². The molecule has 1 heterocycles. The molecule has 25 heavy (non-hydrogen) atoms. The van der Waals surface area contributed by atoms with Gasteiger partial charge in [0.2, 0.25) is 0 Å². The number of piperazine rings is 1. The first-order valence-corrected chi connectivity index (χ1v) is 9.86. The summed E-state index contributed by atoms with van der Waals surface area (Å²) in [4.78, 5) is 3.55. The van der Waals surface area contributed by atoms with Crippen LogP contribution < -0.4 is 14.5 Å². The summed E-state index contributed by atoms with van der Waals surface area (Å²) in [5.74, 6) is -0.652. The molecule has 0 saturated carbocycles. The van der Waals surface area contributed by atoms with Crippen LogP contribution >= 0.6 is 11.6 Å². The van der Waals surface area contributed by atoms with Crippen LogP contribution in [0.25, 0.3) is 0 Å². The molecule has 0 radical (unpaired) electrons. The lowest BCUT2D eigenvalue weighted by Gasteiger charge is -2.33. The highest BCUT2D eigenvalue weighted by molar-refractivity contribution is 7.92. The molecule has 134 valence electrons. The van der Waals surface area contributed by atoms with E-state index in [1.165, 1.54) is 11.0 Å². The van der Waals surface area contributed by atoms with E-state index in [9.17, 15) is 12.8 Å². The molecule has 0 amide bonds. The SMILES string of the molecule is C[NH+]1CCN(c2ccccc2NS(=O)(=O)c2ccc(F)c(Cl)c2)CC1. The highest BCUT2D eigenvalue weighted by Gasteiger charge is 2.22. The van der Waals surface area contributed by atoms with E-state index < -0.39 is 15.8 Å². The van der Waals surface area contributed by atoms with Crippen molar-refractivity contribution in [3.8, 4) is 0 Å². The summed E-state index contributed by atoms with van der Waals surface area (Å²) in [6.07, 6.45) is 0. The van der Waals surface area contributed by atoms with Crippen molar-refractivity contribution in [2.24, 2.45) is 0 Å². The number of anilines is 2. The fourth-order valence-corrected chi connectivity index (χ4v) is 4.16. The second-order valence-electron chi connectivity index (χ2n) is 6.14. The monoisotopic (exact) mass is 384 g/mol. The van der Waals surface area contributed by atoms with Crippen LogP contribution in [0, 0.1) is 5.82 Å². The molecule has 1 aliphatic rings. The van der Waals surface area contributed by atoms with Gasteiger partial charge in [-0.2, -0.15) is 0 Å². The molecule has 3 rings (SSSR count). The summed E-state index contributed by atoms with van der Waals surface area (Å²) in [6.45, 7) is 3.70. The highest BCUT2D eigenvalue weighted by atomic mass is 35.5. The molecule has 0 aliphatic carbocycles. The Hall–Kier alpha value is -1.83. The van der Waals surface area contributed by atoms with Crippen LogP contribution in [-0.2, 0) is 10.0 Å². The molecule has 1 saturated heterocycles. The minimum Gasteiger partial charge on any atom is -0.359 e. The Kier molecular flexibility index (Phi) is 5.17. The average molecular weight is 385 g/mol. The van der Waals surface area contributed by atoms with Gasteiger partial charge in [-0.1, -0.05) is 23.7 Å². The first kappa shape index (κ1) is 18.0. The van der Waals surface area contributed by atoms with E-state index in [2.05, 4.69) is 16.7 Å². The summed E-state index contributed by atoms with van der Waals surface area (Å²) in [5.41, 5.74) is 1.34. The minimum atomic E-state index is -3.86. The Bertz CT molecular complexity index is 868. The number of nitrogens with one attached hydrogen (secondary N) is 2. The third-order valence-corrected chi connectivity index (χ3v) is 5.96. The Morgan fingerprint density at radius 3 is 2.52 bits per heavy atom. The minimum absolute atomic E-state index is 0.0727. The number of hydrogen-bond acceptors (Lipinski definition) is 3. The van der Waals surface area contributed by atoms with Gasteiger partial charge in [-0.25, -0.2) is 12.8 Å². The smallest absolute Gasteiger partial charge is 0.262 e. The number of halogens is 2. The Morgan fingerprint density at radius 1 is 1.16 bits per heavy atom. The number of rotatable bonds is 4. The van der Waals surface area contributed by atoms with E-state index in [0.717, 1.165) is 44.0 Å². The third-order valence-electron chi connectivity index (χ3n) is 4.31. The summed E-state index contributed by atoms with van der Waals surface area (Å²) in [6, 6.07) is 10.6. The third kappa shape index (κ3) is 4.05. The zero-order valence-electron chi connectivity index (χ0n) is 13.8. The summed E-state index contributed by atoms with van der Waals surface area (Å²) in [7, 11) is -1.71. The van der Waals surface area contributed by atoms with Crippen LogP contribution in [0.2, 0.25) is 5.02 Å². The molecule has 2 aromatic rings. The van der Waals surface area contributed by atoms with Crippen LogP contribution in [0.1, 0.15) is 0 Å². The lowest BCUT2D eigenvalue weighted by Crippen LogP contribution is -3.12. The lowest BCUT2D eigenvalue weighted by atomic mass is 10.2. The van der Waals surface area contributed by atoms with Gasteiger partial charge in [0, 0.05) is 0 Å². The number of para-hydroxylation sites is 2. The largest absolute Gasteiger partial charge is 0.359 e. The van der Waals surface area contributed by atoms with Gasteiger partial charge in [0.15, 0.2) is 0 Å². The molecular weight excluding hydrogens is 365 g/mol. The maximum atomic E-state index is 13.3. The number of likely N-dealkylation sites (N-methyl/N-ethyl adjacent to an activating group) is 1. The second kappa shape index (κ2) is 7.19. The quantitative estimate of drug-likeness (QED) is 0.842. The standard InChI is InChI=1S/C17H19ClFN3O2S/c1-21-8-10-22(11-9-21)17-5-3-2-4-16(17)20-25(23,24)13-6-7-15(19)14(18)12-13/h2-7,12,20H,8-11H2,1H3/p+1. The van der Waals surface area contributed by atoms with Gasteiger partial charge in [-0.15, -0.1) is 0 Å². The molecular formula is C17H20ClFN3O2S+. The van der Waals surface area contributed by atoms with Crippen molar-refractivity contribution in [1.82, 2.24) is 0 Å². The van der Waals surface area contributed by atoms with Crippen molar-refractivity contribution in [1.29, 1.82) is 0 Å². The van der Waals surface area contributed by atoms with E-state index in [0.29, 0.717) is 5.69 Å². The predicted octanol–water partition coefficient (Wildman–Crippen LogP) is 1.61. The Labute approximate surface area is 152 Å². The first-order valence-electron chi connectivity index (χ1n) is 8.00. The van der Waals surface area contributed by atoms with E-state index in [-0.39, 0.29) is 9.92 Å². The van der Waals surface area contributed by atoms with Gasteiger partial charge in [-0.05, 0) is 30.3 Å². The normalized spacial score (nSPS) is 16.0. The first-order chi connectivity index (χ1) is 11.9. The van der Waals surface area contributed by atoms with E-state index in [1.54, 1.807) is 12.1 Å². The number of sulfonamides is 1. The predicted molar refractivity (Wildman–Crippen MR) is 97.5 cm³/mol. The molecule has 1 fully saturated rings. The number of quaternary nitrogens is 1. The molecule has 0 atom stereocenters. The van der Waals surface area contributed by atoms with Crippen molar-refractivity contribution >= 4 is 33.0 Å². The van der Waals surface area contributed by atoms with Crippen LogP contribution in [-0.4, -0.2) is 41.6 Å². The van der Waals surface area contributed by atoms with Crippen LogP contribution in [0.3, 0.4) is 0 Å². The maximum absolute atomic E-state index is 13.3. The number of benzene rings is 2. The topological polar surface area (TPSA) is 53.9 Å². The molecule has 1 aliphatic heterocycles. The fourth-order valence-electron chi connectivity index (χ4n) is 2.81. The van der Waals surface area contributed by atoms with Gasteiger partial charge in [-0.3, -0.25) is 4.72 Å². The van der Waals surface area contributed by atoms with Crippen molar-refractivity contribution in [3.05, 3.63) is 53.3 Å². The Balaban J connectivity index is 1.88.